The molecule has 1 aliphatic rings. The number of nitrogens with zero attached hydrogens (tertiary/aromatic N) is 2. The van der Waals surface area contributed by atoms with Crippen molar-refractivity contribution in [2.24, 2.45) is 0 Å². The summed E-state index contributed by atoms with van der Waals surface area (Å²) in [6.07, 6.45) is 3.06. The molecule has 1 fully saturated rings. The SMILES string of the molecule is C(=C1\CCNC1)/c1noc(-c2ccccc2)n1. The average Bonchev–Trinajstić information content (AvgIpc) is 3.02. The summed E-state index contributed by atoms with van der Waals surface area (Å²) in [5, 5.41) is 7.24. The second-order valence-electron chi connectivity index (χ2n) is 4.05. The highest BCUT2D eigenvalue weighted by molar-refractivity contribution is 5.55. The summed E-state index contributed by atoms with van der Waals surface area (Å²) in [5.41, 5.74) is 2.28. The van der Waals surface area contributed by atoms with Gasteiger partial charge in [-0.1, -0.05) is 28.9 Å². The van der Waals surface area contributed by atoms with Gasteiger partial charge in [0.2, 0.25) is 0 Å². The van der Waals surface area contributed by atoms with Crippen LogP contribution in [0.1, 0.15) is 12.2 Å². The van der Waals surface area contributed by atoms with Gasteiger partial charge < -0.3 is 9.84 Å². The van der Waals surface area contributed by atoms with E-state index >= 15 is 0 Å². The van der Waals surface area contributed by atoms with Crippen LogP contribution in [0.5, 0.6) is 0 Å². The number of aromatic nitrogens is 2. The lowest BCUT2D eigenvalue weighted by molar-refractivity contribution is 0.428. The Bertz CT molecular complexity index is 523. The maximum Gasteiger partial charge on any atom is 0.258 e. The molecule has 1 aromatic heterocycles. The van der Waals surface area contributed by atoms with Gasteiger partial charge >= 0.3 is 0 Å². The third-order valence-corrected chi connectivity index (χ3v) is 2.77. The summed E-state index contributed by atoms with van der Waals surface area (Å²) in [6.45, 7) is 1.96. The summed E-state index contributed by atoms with van der Waals surface area (Å²) >= 11 is 0. The first-order valence-corrected chi connectivity index (χ1v) is 5.71. The van der Waals surface area contributed by atoms with Crippen LogP contribution in [0.2, 0.25) is 0 Å². The van der Waals surface area contributed by atoms with Crippen molar-refractivity contribution in [3.63, 3.8) is 0 Å². The minimum Gasteiger partial charge on any atom is -0.334 e. The van der Waals surface area contributed by atoms with E-state index in [0.29, 0.717) is 11.7 Å². The zero-order valence-electron chi connectivity index (χ0n) is 9.39. The third kappa shape index (κ3) is 2.26. The molecule has 0 radical (unpaired) electrons. The molecule has 1 N–H and O–H groups in total. The molecular weight excluding hydrogens is 214 g/mol. The van der Waals surface area contributed by atoms with Crippen molar-refractivity contribution >= 4 is 6.08 Å². The fourth-order valence-electron chi connectivity index (χ4n) is 1.88. The summed E-state index contributed by atoms with van der Waals surface area (Å²) in [5.74, 6) is 1.23. The summed E-state index contributed by atoms with van der Waals surface area (Å²) in [7, 11) is 0. The largest absolute Gasteiger partial charge is 0.334 e. The maximum absolute atomic E-state index is 5.23. The average molecular weight is 227 g/mol. The Morgan fingerprint density at radius 1 is 1.24 bits per heavy atom. The standard InChI is InChI=1S/C13H13N3O/c1-2-4-11(5-3-1)13-15-12(16-17-13)8-10-6-7-14-9-10/h1-5,8,14H,6-7,9H2/b10-8-. The van der Waals surface area contributed by atoms with Crippen LogP contribution in [0.4, 0.5) is 0 Å². The van der Waals surface area contributed by atoms with E-state index in [1.807, 2.05) is 36.4 Å². The van der Waals surface area contributed by atoms with E-state index in [4.69, 9.17) is 4.52 Å². The van der Waals surface area contributed by atoms with Crippen molar-refractivity contribution in [2.45, 2.75) is 6.42 Å². The van der Waals surface area contributed by atoms with Crippen molar-refractivity contribution in [3.8, 4) is 11.5 Å². The van der Waals surface area contributed by atoms with Gasteiger partial charge in [-0.05, 0) is 31.2 Å². The second kappa shape index (κ2) is 4.51. The van der Waals surface area contributed by atoms with Crippen LogP contribution in [-0.4, -0.2) is 23.2 Å². The van der Waals surface area contributed by atoms with E-state index < -0.39 is 0 Å². The van der Waals surface area contributed by atoms with Gasteiger partial charge in [0, 0.05) is 12.1 Å². The van der Waals surface area contributed by atoms with E-state index in [0.717, 1.165) is 25.1 Å². The molecule has 0 spiro atoms. The van der Waals surface area contributed by atoms with Crippen LogP contribution in [-0.2, 0) is 0 Å². The quantitative estimate of drug-likeness (QED) is 0.853. The van der Waals surface area contributed by atoms with E-state index in [9.17, 15) is 0 Å². The molecule has 0 aliphatic carbocycles. The Hall–Kier alpha value is -1.94. The highest BCUT2D eigenvalue weighted by Gasteiger charge is 2.09. The molecule has 4 nitrogen and oxygen atoms in total. The van der Waals surface area contributed by atoms with Gasteiger partial charge in [0.1, 0.15) is 0 Å². The molecule has 4 heteroatoms. The lowest BCUT2D eigenvalue weighted by atomic mass is 10.2. The lowest BCUT2D eigenvalue weighted by Crippen LogP contribution is -2.04. The number of hydrogen-bond donors (Lipinski definition) is 1. The Morgan fingerprint density at radius 2 is 2.12 bits per heavy atom. The molecule has 3 rings (SSSR count). The first-order valence-electron chi connectivity index (χ1n) is 5.71. The molecule has 2 heterocycles. The highest BCUT2D eigenvalue weighted by Crippen LogP contribution is 2.17. The van der Waals surface area contributed by atoms with Crippen molar-refractivity contribution in [1.29, 1.82) is 0 Å². The van der Waals surface area contributed by atoms with E-state index in [-0.39, 0.29) is 0 Å². The predicted octanol–water partition coefficient (Wildman–Crippen LogP) is 2.11. The number of nitrogens with one attached hydrogen (secondary N) is 1. The fraction of sp³-hybridized carbons (Fsp3) is 0.231. The lowest BCUT2D eigenvalue weighted by Gasteiger charge is -1.90. The Balaban J connectivity index is 1.86. The number of rotatable bonds is 2. The van der Waals surface area contributed by atoms with Crippen LogP contribution in [0.25, 0.3) is 17.5 Å². The van der Waals surface area contributed by atoms with Crippen LogP contribution >= 0.6 is 0 Å². The molecule has 1 saturated heterocycles. The molecule has 86 valence electrons. The topological polar surface area (TPSA) is 51.0 Å². The fourth-order valence-corrected chi connectivity index (χ4v) is 1.88. The maximum atomic E-state index is 5.23. The molecule has 1 aliphatic heterocycles. The molecule has 2 aromatic rings. The van der Waals surface area contributed by atoms with Gasteiger partial charge in [-0.2, -0.15) is 4.98 Å². The van der Waals surface area contributed by atoms with Crippen LogP contribution in [0.15, 0.2) is 40.4 Å². The molecule has 0 unspecified atom stereocenters. The molecule has 0 atom stereocenters. The van der Waals surface area contributed by atoms with Gasteiger partial charge in [0.05, 0.1) is 0 Å². The molecule has 1 aromatic carbocycles. The summed E-state index contributed by atoms with van der Waals surface area (Å²) in [6, 6.07) is 9.80. The number of benzene rings is 1. The van der Waals surface area contributed by atoms with Gasteiger partial charge in [0.15, 0.2) is 5.82 Å². The van der Waals surface area contributed by atoms with Crippen molar-refractivity contribution < 1.29 is 4.52 Å². The minimum absolute atomic E-state index is 0.573. The van der Waals surface area contributed by atoms with Crippen molar-refractivity contribution in [3.05, 3.63) is 41.7 Å². The normalized spacial score (nSPS) is 17.8. The van der Waals surface area contributed by atoms with Gasteiger partial charge in [0.25, 0.3) is 5.89 Å². The van der Waals surface area contributed by atoms with Crippen LogP contribution < -0.4 is 5.32 Å². The van der Waals surface area contributed by atoms with Crippen LogP contribution in [0, 0.1) is 0 Å². The van der Waals surface area contributed by atoms with Crippen molar-refractivity contribution in [2.75, 3.05) is 13.1 Å². The van der Waals surface area contributed by atoms with Crippen LogP contribution in [0.3, 0.4) is 0 Å². The Kier molecular flexibility index (Phi) is 2.71. The third-order valence-electron chi connectivity index (χ3n) is 2.77. The number of hydrogen-bond acceptors (Lipinski definition) is 4. The van der Waals surface area contributed by atoms with E-state index in [1.54, 1.807) is 0 Å². The van der Waals surface area contributed by atoms with Gasteiger partial charge in [-0.3, -0.25) is 0 Å². The molecular formula is C13H13N3O. The molecule has 0 bridgehead atoms. The second-order valence-corrected chi connectivity index (χ2v) is 4.05. The summed E-state index contributed by atoms with van der Waals surface area (Å²) < 4.78 is 5.23. The van der Waals surface area contributed by atoms with Gasteiger partial charge in [-0.25, -0.2) is 0 Å². The first kappa shape index (κ1) is 10.2. The predicted molar refractivity (Wildman–Crippen MR) is 65.2 cm³/mol. The smallest absolute Gasteiger partial charge is 0.258 e. The zero-order chi connectivity index (χ0) is 11.5. The van der Waals surface area contributed by atoms with Crippen molar-refractivity contribution in [1.82, 2.24) is 15.5 Å². The molecule has 17 heavy (non-hydrogen) atoms. The summed E-state index contributed by atoms with van der Waals surface area (Å²) in [4.78, 5) is 4.36. The first-order chi connectivity index (χ1) is 8.42. The van der Waals surface area contributed by atoms with E-state index in [1.165, 1.54) is 5.57 Å². The van der Waals surface area contributed by atoms with Gasteiger partial charge in [-0.15, -0.1) is 0 Å². The monoisotopic (exact) mass is 227 g/mol. The Morgan fingerprint density at radius 3 is 2.88 bits per heavy atom. The van der Waals surface area contributed by atoms with E-state index in [2.05, 4.69) is 15.5 Å². The minimum atomic E-state index is 0.573. The Labute approximate surface area is 99.4 Å². The zero-order valence-corrected chi connectivity index (χ0v) is 9.39. The highest BCUT2D eigenvalue weighted by atomic mass is 16.5. The molecule has 0 saturated carbocycles. The molecule has 0 amide bonds.